The number of urea groups is 1. The molecule has 2 aromatic rings. The highest BCUT2D eigenvalue weighted by molar-refractivity contribution is 6.31. The van der Waals surface area contributed by atoms with Gasteiger partial charge in [0, 0.05) is 31.0 Å². The van der Waals surface area contributed by atoms with Crippen molar-refractivity contribution in [1.82, 2.24) is 15.2 Å². The van der Waals surface area contributed by atoms with E-state index in [-0.39, 0.29) is 12.1 Å². The molecule has 5 heteroatoms. The Balaban J connectivity index is 1.95. The third-order valence-corrected chi connectivity index (χ3v) is 3.63. The molecule has 0 aliphatic heterocycles. The largest absolute Gasteiger partial charge is 0.331 e. The Bertz CT molecular complexity index is 603. The molecule has 1 atom stereocenters. The van der Waals surface area contributed by atoms with Crippen LogP contribution < -0.4 is 5.32 Å². The SMILES string of the molecule is CC(NC(=O)N(C)Cc1ccccc1Cl)c1ccncc1. The normalized spacial score (nSPS) is 11.8. The summed E-state index contributed by atoms with van der Waals surface area (Å²) in [5, 5.41) is 3.62. The van der Waals surface area contributed by atoms with Crippen molar-refractivity contribution in [2.45, 2.75) is 19.5 Å². The van der Waals surface area contributed by atoms with Gasteiger partial charge in [0.2, 0.25) is 0 Å². The van der Waals surface area contributed by atoms with Gasteiger partial charge in [-0.25, -0.2) is 4.79 Å². The fraction of sp³-hybridized carbons (Fsp3) is 0.250. The molecule has 110 valence electrons. The van der Waals surface area contributed by atoms with Gasteiger partial charge in [-0.15, -0.1) is 0 Å². The van der Waals surface area contributed by atoms with E-state index in [1.165, 1.54) is 0 Å². The molecule has 0 spiro atoms. The maximum atomic E-state index is 12.2. The second-order valence-electron chi connectivity index (χ2n) is 4.90. The minimum atomic E-state index is -0.140. The number of rotatable bonds is 4. The molecule has 4 nitrogen and oxygen atoms in total. The Hall–Kier alpha value is -2.07. The lowest BCUT2D eigenvalue weighted by Gasteiger charge is -2.22. The average molecular weight is 304 g/mol. The molecule has 0 radical (unpaired) electrons. The van der Waals surface area contributed by atoms with Crippen LogP contribution in [0.25, 0.3) is 0 Å². The number of hydrogen-bond donors (Lipinski definition) is 1. The number of carbonyl (C=O) groups is 1. The molecule has 2 amide bonds. The molecule has 1 aromatic carbocycles. The molecule has 0 aliphatic rings. The van der Waals surface area contributed by atoms with Crippen molar-refractivity contribution in [3.63, 3.8) is 0 Å². The highest BCUT2D eigenvalue weighted by Gasteiger charge is 2.14. The fourth-order valence-corrected chi connectivity index (χ4v) is 2.18. The van der Waals surface area contributed by atoms with Gasteiger partial charge in [0.15, 0.2) is 0 Å². The first-order valence-corrected chi connectivity index (χ1v) is 7.10. The molecule has 1 aromatic heterocycles. The summed E-state index contributed by atoms with van der Waals surface area (Å²) >= 11 is 6.11. The van der Waals surface area contributed by atoms with Crippen molar-refractivity contribution >= 4 is 17.6 Å². The van der Waals surface area contributed by atoms with E-state index in [0.717, 1.165) is 11.1 Å². The summed E-state index contributed by atoms with van der Waals surface area (Å²) in [4.78, 5) is 17.8. The predicted molar refractivity (Wildman–Crippen MR) is 84.1 cm³/mol. The van der Waals surface area contributed by atoms with E-state index >= 15 is 0 Å². The van der Waals surface area contributed by atoms with E-state index in [0.29, 0.717) is 11.6 Å². The fourth-order valence-electron chi connectivity index (χ4n) is 1.98. The molecular formula is C16H18ClN3O. The van der Waals surface area contributed by atoms with E-state index in [4.69, 9.17) is 11.6 Å². The van der Waals surface area contributed by atoms with Crippen molar-refractivity contribution in [2.75, 3.05) is 7.05 Å². The van der Waals surface area contributed by atoms with Gasteiger partial charge in [0.1, 0.15) is 0 Å². The number of carbonyl (C=O) groups excluding carboxylic acids is 1. The summed E-state index contributed by atoms with van der Waals surface area (Å²) in [6.45, 7) is 2.41. The quantitative estimate of drug-likeness (QED) is 0.937. The third-order valence-electron chi connectivity index (χ3n) is 3.26. The first kappa shape index (κ1) is 15.3. The number of hydrogen-bond acceptors (Lipinski definition) is 2. The maximum Gasteiger partial charge on any atom is 0.317 e. The molecule has 1 unspecified atom stereocenters. The van der Waals surface area contributed by atoms with Crippen LogP contribution in [0.5, 0.6) is 0 Å². The summed E-state index contributed by atoms with van der Waals surface area (Å²) in [5.41, 5.74) is 1.94. The van der Waals surface area contributed by atoms with Gasteiger partial charge in [-0.1, -0.05) is 29.8 Å². The van der Waals surface area contributed by atoms with Crippen molar-refractivity contribution in [3.05, 3.63) is 64.9 Å². The van der Waals surface area contributed by atoms with Crippen molar-refractivity contribution < 1.29 is 4.79 Å². The van der Waals surface area contributed by atoms with Gasteiger partial charge >= 0.3 is 6.03 Å². The molecule has 0 aliphatic carbocycles. The minimum absolute atomic E-state index is 0.0748. The van der Waals surface area contributed by atoms with Crippen molar-refractivity contribution in [3.8, 4) is 0 Å². The maximum absolute atomic E-state index is 12.2. The van der Waals surface area contributed by atoms with Gasteiger partial charge < -0.3 is 10.2 Å². The zero-order valence-electron chi connectivity index (χ0n) is 12.1. The van der Waals surface area contributed by atoms with E-state index in [2.05, 4.69) is 10.3 Å². The Morgan fingerprint density at radius 3 is 2.62 bits per heavy atom. The van der Waals surface area contributed by atoms with Crippen LogP contribution in [0, 0.1) is 0 Å². The number of aromatic nitrogens is 1. The average Bonchev–Trinajstić information content (AvgIpc) is 2.50. The molecule has 21 heavy (non-hydrogen) atoms. The lowest BCUT2D eigenvalue weighted by atomic mass is 10.1. The summed E-state index contributed by atoms with van der Waals surface area (Å²) in [7, 11) is 1.75. The van der Waals surface area contributed by atoms with Crippen molar-refractivity contribution in [1.29, 1.82) is 0 Å². The molecule has 1 heterocycles. The molecule has 0 saturated carbocycles. The summed E-state index contributed by atoms with van der Waals surface area (Å²) in [6, 6.07) is 11.1. The highest BCUT2D eigenvalue weighted by Crippen LogP contribution is 2.17. The van der Waals surface area contributed by atoms with Crippen molar-refractivity contribution in [2.24, 2.45) is 0 Å². The lowest BCUT2D eigenvalue weighted by molar-refractivity contribution is 0.203. The Kier molecular flexibility index (Phi) is 5.17. The van der Waals surface area contributed by atoms with Crippen LogP contribution in [0.1, 0.15) is 24.1 Å². The van der Waals surface area contributed by atoms with Crippen LogP contribution in [0.3, 0.4) is 0 Å². The van der Waals surface area contributed by atoms with Crippen LogP contribution in [0.2, 0.25) is 5.02 Å². The molecule has 0 fully saturated rings. The molecule has 0 saturated heterocycles. The first-order valence-electron chi connectivity index (χ1n) is 6.73. The number of benzene rings is 1. The second kappa shape index (κ2) is 7.09. The Morgan fingerprint density at radius 2 is 1.95 bits per heavy atom. The zero-order chi connectivity index (χ0) is 15.2. The first-order chi connectivity index (χ1) is 10.1. The van der Waals surface area contributed by atoms with E-state index in [1.54, 1.807) is 24.3 Å². The zero-order valence-corrected chi connectivity index (χ0v) is 12.8. The number of halogens is 1. The molecule has 0 bridgehead atoms. The summed E-state index contributed by atoms with van der Waals surface area (Å²) in [6.07, 6.45) is 3.43. The van der Waals surface area contributed by atoms with E-state index in [9.17, 15) is 4.79 Å². The smallest absolute Gasteiger partial charge is 0.317 e. The van der Waals surface area contributed by atoms with Gasteiger partial charge in [-0.3, -0.25) is 4.98 Å². The molecular weight excluding hydrogens is 286 g/mol. The van der Waals surface area contributed by atoms with Crippen LogP contribution in [-0.4, -0.2) is 23.0 Å². The van der Waals surface area contributed by atoms with E-state index < -0.39 is 0 Å². The molecule has 2 rings (SSSR count). The Morgan fingerprint density at radius 1 is 1.29 bits per heavy atom. The van der Waals surface area contributed by atoms with Crippen LogP contribution in [0.15, 0.2) is 48.8 Å². The standard InChI is InChI=1S/C16H18ClN3O/c1-12(13-7-9-18-10-8-13)19-16(21)20(2)11-14-5-3-4-6-15(14)17/h3-10,12H,11H2,1-2H3,(H,19,21). The number of amides is 2. The van der Waals surface area contributed by atoms with Crippen LogP contribution in [0.4, 0.5) is 4.79 Å². The van der Waals surface area contributed by atoms with E-state index in [1.807, 2.05) is 43.3 Å². The second-order valence-corrected chi connectivity index (χ2v) is 5.31. The summed E-state index contributed by atoms with van der Waals surface area (Å²) < 4.78 is 0. The number of nitrogens with one attached hydrogen (secondary N) is 1. The topological polar surface area (TPSA) is 45.2 Å². The lowest BCUT2D eigenvalue weighted by Crippen LogP contribution is -2.38. The van der Waals surface area contributed by atoms with Gasteiger partial charge in [0.05, 0.1) is 6.04 Å². The Labute approximate surface area is 129 Å². The number of pyridine rings is 1. The van der Waals surface area contributed by atoms with Crippen LogP contribution >= 0.6 is 11.6 Å². The summed E-state index contributed by atoms with van der Waals surface area (Å²) in [5.74, 6) is 0. The number of nitrogens with zero attached hydrogens (tertiary/aromatic N) is 2. The predicted octanol–water partition coefficient (Wildman–Crippen LogP) is 3.64. The molecule has 1 N–H and O–H groups in total. The highest BCUT2D eigenvalue weighted by atomic mass is 35.5. The third kappa shape index (κ3) is 4.20. The minimum Gasteiger partial charge on any atom is -0.331 e. The van der Waals surface area contributed by atoms with Gasteiger partial charge in [-0.2, -0.15) is 0 Å². The van der Waals surface area contributed by atoms with Crippen LogP contribution in [-0.2, 0) is 6.54 Å². The van der Waals surface area contributed by atoms with Gasteiger partial charge in [-0.05, 0) is 36.2 Å². The monoisotopic (exact) mass is 303 g/mol. The van der Waals surface area contributed by atoms with Gasteiger partial charge in [0.25, 0.3) is 0 Å².